The van der Waals surface area contributed by atoms with Crippen LogP contribution in [0.25, 0.3) is 0 Å². The zero-order valence-electron chi connectivity index (χ0n) is 12.9. The van der Waals surface area contributed by atoms with E-state index in [0.29, 0.717) is 35.6 Å². The molecule has 1 atom stereocenters. The Morgan fingerprint density at radius 3 is 2.91 bits per heavy atom. The predicted molar refractivity (Wildman–Crippen MR) is 84.2 cm³/mol. The van der Waals surface area contributed by atoms with Crippen LogP contribution >= 0.6 is 11.8 Å². The summed E-state index contributed by atoms with van der Waals surface area (Å²) < 4.78 is 10.9. The van der Waals surface area contributed by atoms with Crippen molar-refractivity contribution in [3.63, 3.8) is 0 Å². The molecule has 0 amide bonds. The molecule has 5 nitrogen and oxygen atoms in total. The second-order valence-electron chi connectivity index (χ2n) is 5.34. The minimum absolute atomic E-state index is 0.174. The van der Waals surface area contributed by atoms with Gasteiger partial charge in [0, 0.05) is 11.5 Å². The number of aromatic nitrogens is 2. The summed E-state index contributed by atoms with van der Waals surface area (Å²) in [6, 6.07) is 9.57. The quantitative estimate of drug-likeness (QED) is 0.720. The number of rotatable bonds is 7. The monoisotopic (exact) mass is 317 g/mol. The van der Waals surface area contributed by atoms with Crippen molar-refractivity contribution in [1.82, 2.24) is 10.1 Å². The summed E-state index contributed by atoms with van der Waals surface area (Å²) in [7, 11) is 0. The van der Waals surface area contributed by atoms with Crippen LogP contribution in [0.4, 0.5) is 0 Å². The van der Waals surface area contributed by atoms with Crippen molar-refractivity contribution in [3.8, 4) is 6.07 Å². The maximum Gasteiger partial charge on any atom is 0.237 e. The Hall–Kier alpha value is -1.84. The van der Waals surface area contributed by atoms with Crippen LogP contribution in [0.5, 0.6) is 0 Å². The Kier molecular flexibility index (Phi) is 5.99. The second kappa shape index (κ2) is 7.97. The molecule has 1 aromatic carbocycles. The molecule has 2 rings (SSSR count). The van der Waals surface area contributed by atoms with Crippen molar-refractivity contribution in [2.24, 2.45) is 5.92 Å². The lowest BCUT2D eigenvalue weighted by atomic mass is 10.2. The maximum absolute atomic E-state index is 8.89. The molecule has 0 unspecified atom stereocenters. The highest BCUT2D eigenvalue weighted by Gasteiger charge is 2.15. The van der Waals surface area contributed by atoms with Crippen molar-refractivity contribution >= 4 is 11.8 Å². The first-order valence-corrected chi connectivity index (χ1v) is 8.14. The molecule has 22 heavy (non-hydrogen) atoms. The molecule has 1 aromatic heterocycles. The Bertz CT molecular complexity index is 649. The molecule has 0 aliphatic rings. The Morgan fingerprint density at radius 1 is 1.36 bits per heavy atom. The molecule has 6 heteroatoms. The fraction of sp³-hybridized carbons (Fsp3) is 0.438. The maximum atomic E-state index is 8.89. The smallest absolute Gasteiger partial charge is 0.237 e. The van der Waals surface area contributed by atoms with Crippen molar-refractivity contribution in [1.29, 1.82) is 5.26 Å². The number of nitrogens with zero attached hydrogens (tertiary/aromatic N) is 3. The molecule has 1 heterocycles. The highest BCUT2D eigenvalue weighted by molar-refractivity contribution is 7.98. The molecular formula is C16H19N3O2S. The topological polar surface area (TPSA) is 71.9 Å². The van der Waals surface area contributed by atoms with Crippen LogP contribution < -0.4 is 0 Å². The summed E-state index contributed by atoms with van der Waals surface area (Å²) in [4.78, 5) is 5.36. The van der Waals surface area contributed by atoms with E-state index in [1.807, 2.05) is 25.1 Å². The third kappa shape index (κ3) is 4.86. The van der Waals surface area contributed by atoms with Gasteiger partial charge in [-0.3, -0.25) is 0 Å². The average molecular weight is 317 g/mol. The Morgan fingerprint density at radius 2 is 2.18 bits per heavy atom. The average Bonchev–Trinajstić information content (AvgIpc) is 3.00. The van der Waals surface area contributed by atoms with E-state index in [0.717, 1.165) is 4.90 Å². The van der Waals surface area contributed by atoms with E-state index >= 15 is 0 Å². The van der Waals surface area contributed by atoms with Crippen LogP contribution in [0, 0.1) is 17.2 Å². The third-order valence-corrected chi connectivity index (χ3v) is 3.83. The summed E-state index contributed by atoms with van der Waals surface area (Å²) in [5.41, 5.74) is 0.645. The van der Waals surface area contributed by atoms with Gasteiger partial charge in [-0.15, -0.1) is 11.8 Å². The van der Waals surface area contributed by atoms with E-state index in [4.69, 9.17) is 14.5 Å². The fourth-order valence-corrected chi connectivity index (χ4v) is 2.50. The van der Waals surface area contributed by atoms with E-state index in [1.54, 1.807) is 17.8 Å². The van der Waals surface area contributed by atoms with Gasteiger partial charge in [0.25, 0.3) is 0 Å². The Labute approximate surface area is 134 Å². The van der Waals surface area contributed by atoms with E-state index in [1.165, 1.54) is 0 Å². The van der Waals surface area contributed by atoms with E-state index < -0.39 is 0 Å². The van der Waals surface area contributed by atoms with Crippen molar-refractivity contribution < 1.29 is 9.26 Å². The normalized spacial score (nSPS) is 12.3. The van der Waals surface area contributed by atoms with Gasteiger partial charge in [0.15, 0.2) is 5.82 Å². The molecule has 116 valence electrons. The summed E-state index contributed by atoms with van der Waals surface area (Å²) in [6.45, 7) is 6.78. The van der Waals surface area contributed by atoms with Crippen LogP contribution in [0.15, 0.2) is 33.7 Å². The summed E-state index contributed by atoms with van der Waals surface area (Å²) in [5.74, 6) is 2.17. The van der Waals surface area contributed by atoms with Crippen molar-refractivity contribution in [3.05, 3.63) is 41.5 Å². The fourth-order valence-electron chi connectivity index (χ4n) is 1.70. The van der Waals surface area contributed by atoms with Gasteiger partial charge in [-0.2, -0.15) is 10.2 Å². The van der Waals surface area contributed by atoms with Crippen LogP contribution in [0.3, 0.4) is 0 Å². The van der Waals surface area contributed by atoms with Gasteiger partial charge in [0.1, 0.15) is 6.10 Å². The third-order valence-electron chi connectivity index (χ3n) is 2.85. The summed E-state index contributed by atoms with van der Waals surface area (Å²) in [5, 5.41) is 12.9. The second-order valence-corrected chi connectivity index (χ2v) is 6.39. The van der Waals surface area contributed by atoms with Crippen LogP contribution in [-0.2, 0) is 10.5 Å². The summed E-state index contributed by atoms with van der Waals surface area (Å²) >= 11 is 1.56. The first-order chi connectivity index (χ1) is 10.6. The van der Waals surface area contributed by atoms with Crippen molar-refractivity contribution in [2.75, 3.05) is 6.61 Å². The molecule has 0 radical (unpaired) electrons. The van der Waals surface area contributed by atoms with Gasteiger partial charge in [-0.1, -0.05) is 25.1 Å². The lowest BCUT2D eigenvalue weighted by Crippen LogP contribution is -2.07. The van der Waals surface area contributed by atoms with Gasteiger partial charge in [0.05, 0.1) is 17.4 Å². The number of benzene rings is 1. The molecule has 0 fully saturated rings. The van der Waals surface area contributed by atoms with E-state index in [-0.39, 0.29) is 6.10 Å². The molecule has 0 bridgehead atoms. The SMILES string of the molecule is CC(C)CO[C@H](C)c1noc(CSc2cccc(C#N)c2)n1. The van der Waals surface area contributed by atoms with Crippen LogP contribution in [0.2, 0.25) is 0 Å². The lowest BCUT2D eigenvalue weighted by molar-refractivity contribution is 0.0402. The number of ether oxygens (including phenoxy) is 1. The molecule has 0 aliphatic heterocycles. The van der Waals surface area contributed by atoms with Crippen LogP contribution in [-0.4, -0.2) is 16.7 Å². The van der Waals surface area contributed by atoms with Gasteiger partial charge in [0.2, 0.25) is 5.89 Å². The molecule has 0 spiro atoms. The molecule has 2 aromatic rings. The predicted octanol–water partition coefficient (Wildman–Crippen LogP) is 3.97. The summed E-state index contributed by atoms with van der Waals surface area (Å²) in [6.07, 6.45) is -0.174. The number of hydrogen-bond acceptors (Lipinski definition) is 6. The van der Waals surface area contributed by atoms with E-state index in [9.17, 15) is 0 Å². The first kappa shape index (κ1) is 16.5. The van der Waals surface area contributed by atoms with Gasteiger partial charge in [-0.05, 0) is 31.0 Å². The van der Waals surface area contributed by atoms with Crippen molar-refractivity contribution in [2.45, 2.75) is 37.5 Å². The zero-order chi connectivity index (χ0) is 15.9. The molecular weight excluding hydrogens is 298 g/mol. The first-order valence-electron chi connectivity index (χ1n) is 7.15. The number of nitriles is 1. The van der Waals surface area contributed by atoms with E-state index in [2.05, 4.69) is 30.1 Å². The standard InChI is InChI=1S/C16H19N3O2S/c1-11(2)9-20-12(3)16-18-15(21-19-16)10-22-14-6-4-5-13(7-14)8-17/h4-7,11-12H,9-10H2,1-3H3/t12-/m1/s1. The molecule has 0 saturated heterocycles. The Balaban J connectivity index is 1.90. The minimum atomic E-state index is -0.174. The number of thioether (sulfide) groups is 1. The van der Waals surface area contributed by atoms with Gasteiger partial charge >= 0.3 is 0 Å². The number of hydrogen-bond donors (Lipinski definition) is 0. The lowest BCUT2D eigenvalue weighted by Gasteiger charge is -2.10. The zero-order valence-corrected chi connectivity index (χ0v) is 13.8. The van der Waals surface area contributed by atoms with Gasteiger partial charge in [-0.25, -0.2) is 0 Å². The largest absolute Gasteiger partial charge is 0.370 e. The van der Waals surface area contributed by atoms with Gasteiger partial charge < -0.3 is 9.26 Å². The van der Waals surface area contributed by atoms with Crippen LogP contribution in [0.1, 0.15) is 44.2 Å². The molecule has 0 aliphatic carbocycles. The molecule has 0 N–H and O–H groups in total. The molecule has 0 saturated carbocycles. The highest BCUT2D eigenvalue weighted by Crippen LogP contribution is 2.23. The highest BCUT2D eigenvalue weighted by atomic mass is 32.2. The minimum Gasteiger partial charge on any atom is -0.370 e.